The fourth-order valence-electron chi connectivity index (χ4n) is 4.13. The van der Waals surface area contributed by atoms with Gasteiger partial charge in [0.05, 0.1) is 6.10 Å². The maximum Gasteiger partial charge on any atom is 0.170 e. The average molecular weight is 339 g/mol. The van der Waals surface area contributed by atoms with E-state index in [1.807, 2.05) is 36.4 Å². The van der Waals surface area contributed by atoms with Crippen molar-refractivity contribution in [3.05, 3.63) is 48.5 Å². The van der Waals surface area contributed by atoms with Crippen LogP contribution in [0.5, 0.6) is 0 Å². The van der Waals surface area contributed by atoms with Crippen LogP contribution in [-0.2, 0) is 11.3 Å². The van der Waals surface area contributed by atoms with Crippen molar-refractivity contribution in [3.8, 4) is 0 Å². The van der Waals surface area contributed by atoms with Crippen molar-refractivity contribution in [1.29, 1.82) is 0 Å². The number of hydrogen-bond acceptors (Lipinski definition) is 2. The molecule has 4 rings (SSSR count). The number of nitrogens with zero attached hydrogens (tertiary/aromatic N) is 1. The average Bonchev–Trinajstić information content (AvgIpc) is 2.94. The predicted octanol–water partition coefficient (Wildman–Crippen LogP) is 4.25. The SMILES string of the molecule is O=C1C(F)CCCC1CC(O)Cn1c2ccccc2c2ccccc21. The van der Waals surface area contributed by atoms with E-state index in [4.69, 9.17) is 0 Å². The molecule has 0 bridgehead atoms. The molecule has 2 aromatic carbocycles. The Morgan fingerprint density at radius 1 is 1.04 bits per heavy atom. The molecule has 3 nitrogen and oxygen atoms in total. The normalized spacial score (nSPS) is 22.6. The molecule has 1 aromatic heterocycles. The molecule has 1 aliphatic carbocycles. The summed E-state index contributed by atoms with van der Waals surface area (Å²) in [5.41, 5.74) is 2.14. The molecule has 3 unspecified atom stereocenters. The minimum Gasteiger partial charge on any atom is -0.391 e. The first-order chi connectivity index (χ1) is 12.1. The van der Waals surface area contributed by atoms with Crippen molar-refractivity contribution in [3.63, 3.8) is 0 Å². The van der Waals surface area contributed by atoms with Gasteiger partial charge >= 0.3 is 0 Å². The van der Waals surface area contributed by atoms with Crippen LogP contribution in [0.2, 0.25) is 0 Å². The molecular formula is C21H22FNO2. The molecule has 4 heteroatoms. The number of aliphatic hydroxyl groups excluding tert-OH is 1. The van der Waals surface area contributed by atoms with Crippen molar-refractivity contribution < 1.29 is 14.3 Å². The monoisotopic (exact) mass is 339 g/mol. The Bertz CT molecular complexity index is 863. The van der Waals surface area contributed by atoms with Crippen molar-refractivity contribution in [1.82, 2.24) is 4.57 Å². The van der Waals surface area contributed by atoms with Crippen LogP contribution in [0.15, 0.2) is 48.5 Å². The van der Waals surface area contributed by atoms with Gasteiger partial charge in [0.25, 0.3) is 0 Å². The predicted molar refractivity (Wildman–Crippen MR) is 97.3 cm³/mol. The first-order valence-corrected chi connectivity index (χ1v) is 8.97. The topological polar surface area (TPSA) is 42.2 Å². The summed E-state index contributed by atoms with van der Waals surface area (Å²) < 4.78 is 15.7. The number of fused-ring (bicyclic) bond motifs is 3. The van der Waals surface area contributed by atoms with E-state index in [-0.39, 0.29) is 11.7 Å². The zero-order chi connectivity index (χ0) is 17.4. The summed E-state index contributed by atoms with van der Waals surface area (Å²) in [6.07, 6.45) is 0.0549. The Morgan fingerprint density at radius 2 is 1.64 bits per heavy atom. The van der Waals surface area contributed by atoms with E-state index < -0.39 is 12.3 Å². The number of halogens is 1. The highest BCUT2D eigenvalue weighted by atomic mass is 19.1. The van der Waals surface area contributed by atoms with E-state index in [1.54, 1.807) is 0 Å². The number of rotatable bonds is 4. The Balaban J connectivity index is 1.62. The zero-order valence-corrected chi connectivity index (χ0v) is 14.1. The molecule has 3 aromatic rings. The third-order valence-electron chi connectivity index (χ3n) is 5.35. The second-order valence-electron chi connectivity index (χ2n) is 7.03. The summed E-state index contributed by atoms with van der Waals surface area (Å²) in [6.45, 7) is 0.411. The van der Waals surface area contributed by atoms with Gasteiger partial charge in [0.15, 0.2) is 12.0 Å². The number of carbonyl (C=O) groups excluding carboxylic acids is 1. The molecule has 1 aliphatic rings. The van der Waals surface area contributed by atoms with Gasteiger partial charge in [-0.25, -0.2) is 4.39 Å². The highest BCUT2D eigenvalue weighted by molar-refractivity contribution is 6.07. The van der Waals surface area contributed by atoms with Crippen molar-refractivity contribution in [2.45, 2.75) is 44.5 Å². The van der Waals surface area contributed by atoms with E-state index in [0.717, 1.165) is 28.2 Å². The van der Waals surface area contributed by atoms with Gasteiger partial charge in [-0.15, -0.1) is 0 Å². The quantitative estimate of drug-likeness (QED) is 0.772. The van der Waals surface area contributed by atoms with Crippen LogP contribution in [0.1, 0.15) is 25.7 Å². The fourth-order valence-corrected chi connectivity index (χ4v) is 4.13. The number of carbonyl (C=O) groups is 1. The number of para-hydroxylation sites is 2. The summed E-state index contributed by atoms with van der Waals surface area (Å²) in [5, 5.41) is 12.9. The van der Waals surface area contributed by atoms with Crippen LogP contribution < -0.4 is 0 Å². The number of benzene rings is 2. The molecule has 3 atom stereocenters. The van der Waals surface area contributed by atoms with Gasteiger partial charge in [0.2, 0.25) is 0 Å². The van der Waals surface area contributed by atoms with Gasteiger partial charge in [0, 0.05) is 34.3 Å². The molecule has 0 spiro atoms. The second-order valence-corrected chi connectivity index (χ2v) is 7.03. The molecule has 0 aliphatic heterocycles. The van der Waals surface area contributed by atoms with Gasteiger partial charge in [-0.2, -0.15) is 0 Å². The van der Waals surface area contributed by atoms with Gasteiger partial charge in [0.1, 0.15) is 0 Å². The third kappa shape index (κ3) is 2.95. The minimum absolute atomic E-state index is 0.326. The molecule has 1 heterocycles. The summed E-state index contributed by atoms with van der Waals surface area (Å²) in [4.78, 5) is 12.0. The lowest BCUT2D eigenvalue weighted by atomic mass is 9.83. The number of hydrogen-bond donors (Lipinski definition) is 1. The molecule has 25 heavy (non-hydrogen) atoms. The van der Waals surface area contributed by atoms with E-state index in [9.17, 15) is 14.3 Å². The van der Waals surface area contributed by atoms with Crippen LogP contribution in [0.3, 0.4) is 0 Å². The molecule has 0 amide bonds. The van der Waals surface area contributed by atoms with Crippen LogP contribution in [-0.4, -0.2) is 27.7 Å². The Morgan fingerprint density at radius 3 is 2.28 bits per heavy atom. The molecule has 1 saturated carbocycles. The fraction of sp³-hybridized carbons (Fsp3) is 0.381. The van der Waals surface area contributed by atoms with E-state index in [0.29, 0.717) is 25.8 Å². The molecule has 1 N–H and O–H groups in total. The van der Waals surface area contributed by atoms with Gasteiger partial charge in [-0.05, 0) is 37.8 Å². The lowest BCUT2D eigenvalue weighted by Crippen LogP contribution is -2.33. The zero-order valence-electron chi connectivity index (χ0n) is 14.1. The van der Waals surface area contributed by atoms with Gasteiger partial charge in [-0.1, -0.05) is 36.4 Å². The maximum atomic E-state index is 13.6. The van der Waals surface area contributed by atoms with Crippen molar-refractivity contribution in [2.75, 3.05) is 0 Å². The molecule has 0 radical (unpaired) electrons. The van der Waals surface area contributed by atoms with Gasteiger partial charge < -0.3 is 9.67 Å². The number of alkyl halides is 1. The van der Waals surface area contributed by atoms with E-state index in [2.05, 4.69) is 16.7 Å². The molecule has 0 saturated heterocycles. The first kappa shape index (κ1) is 16.3. The second kappa shape index (κ2) is 6.60. The third-order valence-corrected chi connectivity index (χ3v) is 5.35. The number of aliphatic hydroxyl groups is 1. The number of aromatic nitrogens is 1. The molecule has 130 valence electrons. The minimum atomic E-state index is -1.35. The van der Waals surface area contributed by atoms with Crippen LogP contribution in [0, 0.1) is 5.92 Å². The Kier molecular flexibility index (Phi) is 4.30. The first-order valence-electron chi connectivity index (χ1n) is 8.97. The summed E-state index contributed by atoms with van der Waals surface area (Å²) >= 11 is 0. The Labute approximate surface area is 146 Å². The molecular weight excluding hydrogens is 317 g/mol. The van der Waals surface area contributed by atoms with Crippen molar-refractivity contribution >= 4 is 27.6 Å². The van der Waals surface area contributed by atoms with Crippen LogP contribution in [0.25, 0.3) is 21.8 Å². The van der Waals surface area contributed by atoms with Gasteiger partial charge in [-0.3, -0.25) is 4.79 Å². The summed E-state index contributed by atoms with van der Waals surface area (Å²) in [7, 11) is 0. The molecule has 1 fully saturated rings. The maximum absolute atomic E-state index is 13.6. The lowest BCUT2D eigenvalue weighted by Gasteiger charge is -2.25. The smallest absolute Gasteiger partial charge is 0.170 e. The highest BCUT2D eigenvalue weighted by Crippen LogP contribution is 2.31. The summed E-state index contributed by atoms with van der Waals surface area (Å²) in [5.74, 6) is -0.681. The van der Waals surface area contributed by atoms with Crippen LogP contribution >= 0.6 is 0 Å². The van der Waals surface area contributed by atoms with Crippen molar-refractivity contribution in [2.24, 2.45) is 5.92 Å². The van der Waals surface area contributed by atoms with E-state index in [1.165, 1.54) is 0 Å². The summed E-state index contributed by atoms with van der Waals surface area (Å²) in [6, 6.07) is 16.3. The highest BCUT2D eigenvalue weighted by Gasteiger charge is 2.32. The largest absolute Gasteiger partial charge is 0.391 e. The number of Topliss-reactive ketones (excluding diaryl/α,β-unsaturated/α-hetero) is 1. The van der Waals surface area contributed by atoms with Crippen LogP contribution in [0.4, 0.5) is 4.39 Å². The lowest BCUT2D eigenvalue weighted by molar-refractivity contribution is -0.131. The number of ketones is 1. The standard InChI is InChI=1S/C21H22FNO2/c22-18-9-5-6-14(21(18)25)12-15(24)13-23-19-10-3-1-7-16(19)17-8-2-4-11-20(17)23/h1-4,7-8,10-11,14-15,18,24H,5-6,9,12-13H2. The Hall–Kier alpha value is -2.20. The van der Waals surface area contributed by atoms with E-state index >= 15 is 0 Å².